The highest BCUT2D eigenvalue weighted by molar-refractivity contribution is 5.88. The zero-order valence-electron chi connectivity index (χ0n) is 18.7. The quantitative estimate of drug-likeness (QED) is 0.651. The molecule has 5 heteroatoms. The second kappa shape index (κ2) is 12.0. The van der Waals surface area contributed by atoms with Crippen LogP contribution in [0.15, 0.2) is 30.3 Å². The van der Waals surface area contributed by atoms with Crippen LogP contribution in [-0.4, -0.2) is 54.8 Å². The van der Waals surface area contributed by atoms with Gasteiger partial charge in [0.1, 0.15) is 6.04 Å². The Bertz CT molecular complexity index is 624. The number of hydrogen-bond donors (Lipinski definition) is 1. The van der Waals surface area contributed by atoms with Crippen molar-refractivity contribution in [3.05, 3.63) is 35.9 Å². The highest BCUT2D eigenvalue weighted by Crippen LogP contribution is 2.24. The number of hydrogen-bond acceptors (Lipinski definition) is 3. The van der Waals surface area contributed by atoms with Crippen LogP contribution in [0.4, 0.5) is 0 Å². The lowest BCUT2D eigenvalue weighted by atomic mass is 9.88. The summed E-state index contributed by atoms with van der Waals surface area (Å²) in [7, 11) is 4.03. The topological polar surface area (TPSA) is 52.7 Å². The van der Waals surface area contributed by atoms with E-state index in [-0.39, 0.29) is 17.7 Å². The third-order valence-electron chi connectivity index (χ3n) is 5.64. The minimum Gasteiger partial charge on any atom is -0.344 e. The van der Waals surface area contributed by atoms with E-state index in [2.05, 4.69) is 24.1 Å². The molecule has 1 aliphatic carbocycles. The first-order valence-corrected chi connectivity index (χ1v) is 11.1. The molecule has 1 fully saturated rings. The fraction of sp³-hybridized carbons (Fsp3) is 0.667. The molecule has 0 saturated heterocycles. The molecule has 2 rings (SSSR count). The van der Waals surface area contributed by atoms with Crippen molar-refractivity contribution < 1.29 is 9.59 Å². The number of nitrogens with one attached hydrogen (secondary N) is 1. The van der Waals surface area contributed by atoms with Gasteiger partial charge >= 0.3 is 0 Å². The van der Waals surface area contributed by atoms with Crippen molar-refractivity contribution in [1.29, 1.82) is 0 Å². The molecule has 0 heterocycles. The van der Waals surface area contributed by atoms with E-state index in [0.717, 1.165) is 37.8 Å². The summed E-state index contributed by atoms with van der Waals surface area (Å²) in [4.78, 5) is 30.4. The van der Waals surface area contributed by atoms with E-state index >= 15 is 0 Å². The Morgan fingerprint density at radius 1 is 1.03 bits per heavy atom. The molecule has 0 unspecified atom stereocenters. The second-order valence-corrected chi connectivity index (χ2v) is 9.07. The predicted molar refractivity (Wildman–Crippen MR) is 118 cm³/mol. The van der Waals surface area contributed by atoms with Gasteiger partial charge in [0.05, 0.1) is 0 Å². The van der Waals surface area contributed by atoms with Crippen molar-refractivity contribution in [2.45, 2.75) is 65.0 Å². The smallest absolute Gasteiger partial charge is 0.245 e. The van der Waals surface area contributed by atoms with Crippen molar-refractivity contribution in [3.63, 3.8) is 0 Å². The van der Waals surface area contributed by atoms with Gasteiger partial charge in [0.15, 0.2) is 0 Å². The van der Waals surface area contributed by atoms with Crippen LogP contribution in [0.2, 0.25) is 0 Å². The van der Waals surface area contributed by atoms with E-state index in [1.165, 1.54) is 6.42 Å². The van der Waals surface area contributed by atoms with Crippen LogP contribution >= 0.6 is 0 Å². The number of carbonyl (C=O) groups excluding carboxylic acids is 2. The molecule has 0 spiro atoms. The van der Waals surface area contributed by atoms with Crippen LogP contribution < -0.4 is 5.32 Å². The molecule has 0 aromatic heterocycles. The van der Waals surface area contributed by atoms with Gasteiger partial charge in [-0.05, 0) is 44.8 Å². The molecule has 1 saturated carbocycles. The van der Waals surface area contributed by atoms with Crippen molar-refractivity contribution >= 4 is 11.8 Å². The summed E-state index contributed by atoms with van der Waals surface area (Å²) in [6.07, 6.45) is 6.01. The number of amides is 2. The normalized spacial score (nSPS) is 16.1. The Labute approximate surface area is 176 Å². The second-order valence-electron chi connectivity index (χ2n) is 9.07. The fourth-order valence-electron chi connectivity index (χ4n) is 3.96. The van der Waals surface area contributed by atoms with Crippen molar-refractivity contribution in [3.8, 4) is 0 Å². The molecular formula is C24H39N3O2. The first-order chi connectivity index (χ1) is 13.9. The molecule has 5 nitrogen and oxygen atoms in total. The fourth-order valence-corrected chi connectivity index (χ4v) is 3.96. The molecule has 1 aliphatic rings. The van der Waals surface area contributed by atoms with Crippen LogP contribution in [0.1, 0.15) is 57.9 Å². The van der Waals surface area contributed by atoms with Gasteiger partial charge in [-0.1, -0.05) is 63.4 Å². The average Bonchev–Trinajstić information content (AvgIpc) is 2.71. The molecule has 1 aromatic carbocycles. The maximum atomic E-state index is 13.5. The zero-order valence-corrected chi connectivity index (χ0v) is 18.7. The van der Waals surface area contributed by atoms with Gasteiger partial charge in [0.2, 0.25) is 11.8 Å². The van der Waals surface area contributed by atoms with Gasteiger partial charge in [-0.2, -0.15) is 0 Å². The maximum absolute atomic E-state index is 13.5. The monoisotopic (exact) mass is 401 g/mol. The van der Waals surface area contributed by atoms with Crippen LogP contribution in [0.3, 0.4) is 0 Å². The third kappa shape index (κ3) is 8.17. The summed E-state index contributed by atoms with van der Waals surface area (Å²) >= 11 is 0. The van der Waals surface area contributed by atoms with Crippen molar-refractivity contribution in [2.75, 3.05) is 27.2 Å². The van der Waals surface area contributed by atoms with E-state index in [1.54, 1.807) is 0 Å². The van der Waals surface area contributed by atoms with Gasteiger partial charge in [-0.25, -0.2) is 0 Å². The Balaban J connectivity index is 2.12. The summed E-state index contributed by atoms with van der Waals surface area (Å²) in [5, 5.41) is 3.13. The Hall–Kier alpha value is -1.88. The van der Waals surface area contributed by atoms with Crippen LogP contribution in [0.25, 0.3) is 0 Å². The van der Waals surface area contributed by atoms with Crippen molar-refractivity contribution in [1.82, 2.24) is 15.1 Å². The maximum Gasteiger partial charge on any atom is 0.245 e. The van der Waals surface area contributed by atoms with E-state index in [1.807, 2.05) is 49.3 Å². The van der Waals surface area contributed by atoms with Gasteiger partial charge in [-0.3, -0.25) is 9.59 Å². The van der Waals surface area contributed by atoms with Crippen LogP contribution in [-0.2, 0) is 16.1 Å². The lowest BCUT2D eigenvalue weighted by molar-refractivity contribution is -0.138. The van der Waals surface area contributed by atoms with Crippen LogP contribution in [0, 0.1) is 11.8 Å². The molecule has 29 heavy (non-hydrogen) atoms. The van der Waals surface area contributed by atoms with Gasteiger partial charge in [0.25, 0.3) is 0 Å². The zero-order chi connectivity index (χ0) is 21.2. The average molecular weight is 402 g/mol. The summed E-state index contributed by atoms with van der Waals surface area (Å²) < 4.78 is 0. The van der Waals surface area contributed by atoms with E-state index in [0.29, 0.717) is 25.4 Å². The molecule has 0 bridgehead atoms. The Morgan fingerprint density at radius 2 is 1.69 bits per heavy atom. The lowest BCUT2D eigenvalue weighted by Gasteiger charge is -2.31. The first kappa shape index (κ1) is 23.4. The largest absolute Gasteiger partial charge is 0.344 e. The molecular weight excluding hydrogens is 362 g/mol. The lowest BCUT2D eigenvalue weighted by Crippen LogP contribution is -2.51. The minimum absolute atomic E-state index is 0.0357. The van der Waals surface area contributed by atoms with Crippen molar-refractivity contribution in [2.24, 2.45) is 11.8 Å². The van der Waals surface area contributed by atoms with E-state index in [9.17, 15) is 9.59 Å². The number of benzene rings is 1. The first-order valence-electron chi connectivity index (χ1n) is 11.1. The molecule has 1 aromatic rings. The Kier molecular flexibility index (Phi) is 9.65. The molecule has 2 amide bonds. The summed E-state index contributed by atoms with van der Waals surface area (Å²) in [5.41, 5.74) is 1.11. The number of rotatable bonds is 10. The van der Waals surface area contributed by atoms with Gasteiger partial charge in [-0.15, -0.1) is 0 Å². The summed E-state index contributed by atoms with van der Waals surface area (Å²) in [5.74, 6) is 0.503. The SMILES string of the molecule is CC(C)C[C@H](NC(=O)C1CCCCC1)C(=O)N(CCN(C)C)Cc1ccccc1. The standard InChI is InChI=1S/C24H39N3O2/c1-19(2)17-22(25-23(28)21-13-9-6-10-14-21)24(29)27(16-15-26(3)4)18-20-11-7-5-8-12-20/h5,7-8,11-12,19,21-22H,6,9-10,13-18H2,1-4H3,(H,25,28)/t22-/m0/s1. The highest BCUT2D eigenvalue weighted by atomic mass is 16.2. The number of nitrogens with zero attached hydrogens (tertiary/aromatic N) is 2. The number of likely N-dealkylation sites (N-methyl/N-ethyl adjacent to an activating group) is 1. The van der Waals surface area contributed by atoms with Gasteiger partial charge in [0, 0.05) is 25.6 Å². The highest BCUT2D eigenvalue weighted by Gasteiger charge is 2.30. The Morgan fingerprint density at radius 3 is 2.28 bits per heavy atom. The molecule has 1 atom stereocenters. The minimum atomic E-state index is -0.449. The molecule has 0 aliphatic heterocycles. The van der Waals surface area contributed by atoms with Crippen LogP contribution in [0.5, 0.6) is 0 Å². The summed E-state index contributed by atoms with van der Waals surface area (Å²) in [6.45, 7) is 6.22. The predicted octanol–water partition coefficient (Wildman–Crippen LogP) is 3.69. The van der Waals surface area contributed by atoms with E-state index in [4.69, 9.17) is 0 Å². The summed E-state index contributed by atoms with van der Waals surface area (Å²) in [6, 6.07) is 9.64. The third-order valence-corrected chi connectivity index (χ3v) is 5.64. The molecule has 1 N–H and O–H groups in total. The molecule has 0 radical (unpaired) electrons. The van der Waals surface area contributed by atoms with E-state index < -0.39 is 6.04 Å². The van der Waals surface area contributed by atoms with Gasteiger partial charge < -0.3 is 15.1 Å². The molecule has 162 valence electrons. The number of carbonyl (C=O) groups is 2.